The van der Waals surface area contributed by atoms with Gasteiger partial charge in [0.2, 0.25) is 5.82 Å². The average Bonchev–Trinajstić information content (AvgIpc) is 3.42. The van der Waals surface area contributed by atoms with Gasteiger partial charge in [-0.3, -0.25) is 4.79 Å². The molecule has 1 fully saturated rings. The van der Waals surface area contributed by atoms with Crippen LogP contribution in [-0.4, -0.2) is 20.7 Å². The summed E-state index contributed by atoms with van der Waals surface area (Å²) in [4.78, 5) is 16.9. The number of benzene rings is 2. The lowest BCUT2D eigenvalue weighted by atomic mass is 10.2. The van der Waals surface area contributed by atoms with Crippen molar-refractivity contribution in [2.45, 2.75) is 18.8 Å². The Bertz CT molecular complexity index is 1020. The fourth-order valence-electron chi connectivity index (χ4n) is 2.66. The number of anilines is 1. The lowest BCUT2D eigenvalue weighted by molar-refractivity contribution is 0.101. The van der Waals surface area contributed by atoms with E-state index in [0.29, 0.717) is 11.6 Å². The minimum absolute atomic E-state index is 0.0404. The normalized spacial score (nSPS) is 13.2. The summed E-state index contributed by atoms with van der Waals surface area (Å²) < 4.78 is 15.1. The van der Waals surface area contributed by atoms with E-state index in [0.717, 1.165) is 30.4 Å². The highest BCUT2D eigenvalue weighted by Gasteiger charge is 2.31. The Morgan fingerprint density at radius 1 is 1.23 bits per heavy atom. The maximum atomic E-state index is 13.4. The third kappa shape index (κ3) is 3.05. The van der Waals surface area contributed by atoms with Gasteiger partial charge in [-0.25, -0.2) is 14.1 Å². The Balaban J connectivity index is 1.64. The molecule has 7 heteroatoms. The van der Waals surface area contributed by atoms with Gasteiger partial charge in [0.05, 0.1) is 11.3 Å². The lowest BCUT2D eigenvalue weighted by Crippen LogP contribution is -2.14. The lowest BCUT2D eigenvalue weighted by Gasteiger charge is -2.04. The highest BCUT2D eigenvalue weighted by atomic mass is 19.1. The van der Waals surface area contributed by atoms with Crippen LogP contribution < -0.4 is 5.32 Å². The minimum Gasteiger partial charge on any atom is -0.319 e. The Labute approximate surface area is 148 Å². The molecule has 1 heterocycles. The van der Waals surface area contributed by atoms with E-state index in [1.807, 2.05) is 30.3 Å². The van der Waals surface area contributed by atoms with Crippen LogP contribution in [0.5, 0.6) is 0 Å². The van der Waals surface area contributed by atoms with Gasteiger partial charge in [0.25, 0.3) is 5.91 Å². The molecule has 1 aliphatic rings. The Morgan fingerprint density at radius 3 is 2.69 bits per heavy atom. The summed E-state index contributed by atoms with van der Waals surface area (Å²) in [5.41, 5.74) is 1.02. The highest BCUT2D eigenvalue weighted by Crippen LogP contribution is 2.39. The maximum Gasteiger partial charge on any atom is 0.295 e. The predicted molar refractivity (Wildman–Crippen MR) is 92.4 cm³/mol. The van der Waals surface area contributed by atoms with E-state index in [9.17, 15) is 9.18 Å². The van der Waals surface area contributed by atoms with Gasteiger partial charge in [0.1, 0.15) is 17.7 Å². The summed E-state index contributed by atoms with van der Waals surface area (Å²) in [5.74, 6) is -0.0258. The predicted octanol–water partition coefficient (Wildman–Crippen LogP) is 3.41. The smallest absolute Gasteiger partial charge is 0.295 e. The Morgan fingerprint density at radius 2 is 2.00 bits per heavy atom. The quantitative estimate of drug-likeness (QED) is 0.784. The zero-order valence-electron chi connectivity index (χ0n) is 13.7. The first-order chi connectivity index (χ1) is 12.7. The number of carbonyl (C=O) groups is 1. The van der Waals surface area contributed by atoms with Gasteiger partial charge in [-0.15, -0.1) is 5.10 Å². The summed E-state index contributed by atoms with van der Waals surface area (Å²) in [7, 11) is 0. The summed E-state index contributed by atoms with van der Waals surface area (Å²) in [5, 5.41) is 15.9. The molecule has 128 valence electrons. The highest BCUT2D eigenvalue weighted by molar-refractivity contribution is 6.01. The molecule has 1 N–H and O–H groups in total. The van der Waals surface area contributed by atoms with Gasteiger partial charge in [0.15, 0.2) is 0 Å². The fourth-order valence-corrected chi connectivity index (χ4v) is 2.66. The molecule has 2 aromatic carbocycles. The van der Waals surface area contributed by atoms with Crippen molar-refractivity contribution in [1.29, 1.82) is 5.26 Å². The fraction of sp³-hybridized carbons (Fsp3) is 0.158. The molecule has 0 saturated heterocycles. The number of halogens is 1. The molecule has 1 amide bonds. The van der Waals surface area contributed by atoms with E-state index in [2.05, 4.69) is 15.4 Å². The number of hydrogen-bond donors (Lipinski definition) is 1. The molecule has 0 bridgehead atoms. The molecule has 0 aliphatic heterocycles. The second-order valence-corrected chi connectivity index (χ2v) is 6.08. The van der Waals surface area contributed by atoms with Crippen molar-refractivity contribution in [3.05, 3.63) is 71.6 Å². The maximum absolute atomic E-state index is 13.4. The van der Waals surface area contributed by atoms with Gasteiger partial charge in [-0.2, -0.15) is 5.26 Å². The molecule has 4 rings (SSSR count). The molecule has 26 heavy (non-hydrogen) atoms. The van der Waals surface area contributed by atoms with Crippen molar-refractivity contribution in [3.63, 3.8) is 0 Å². The molecule has 0 atom stereocenters. The number of nitrogens with one attached hydrogen (secondary N) is 1. The summed E-state index contributed by atoms with van der Waals surface area (Å²) in [6, 6.07) is 15.1. The van der Waals surface area contributed by atoms with E-state index in [4.69, 9.17) is 5.26 Å². The third-order valence-electron chi connectivity index (χ3n) is 4.12. The van der Waals surface area contributed by atoms with Crippen molar-refractivity contribution >= 4 is 11.6 Å². The van der Waals surface area contributed by atoms with Crippen LogP contribution in [0.3, 0.4) is 0 Å². The minimum atomic E-state index is -0.631. The zero-order valence-corrected chi connectivity index (χ0v) is 13.7. The van der Waals surface area contributed by atoms with Crippen LogP contribution in [0, 0.1) is 17.1 Å². The first kappa shape index (κ1) is 16.0. The van der Waals surface area contributed by atoms with E-state index in [1.54, 1.807) is 10.8 Å². The molecule has 1 saturated carbocycles. The molecule has 0 unspecified atom stereocenters. The Kier molecular flexibility index (Phi) is 3.93. The third-order valence-corrected chi connectivity index (χ3v) is 4.12. The van der Waals surface area contributed by atoms with E-state index >= 15 is 0 Å². The summed E-state index contributed by atoms with van der Waals surface area (Å²) in [6.45, 7) is 0. The first-order valence-corrected chi connectivity index (χ1v) is 8.19. The van der Waals surface area contributed by atoms with Crippen LogP contribution in [0.25, 0.3) is 5.69 Å². The number of para-hydroxylation sites is 1. The van der Waals surface area contributed by atoms with Crippen molar-refractivity contribution in [2.24, 2.45) is 0 Å². The van der Waals surface area contributed by atoms with E-state index < -0.39 is 11.7 Å². The van der Waals surface area contributed by atoms with Crippen LogP contribution in [0.2, 0.25) is 0 Å². The van der Waals surface area contributed by atoms with Gasteiger partial charge < -0.3 is 5.32 Å². The van der Waals surface area contributed by atoms with Crippen molar-refractivity contribution < 1.29 is 9.18 Å². The molecule has 1 aromatic heterocycles. The zero-order chi connectivity index (χ0) is 18.1. The van der Waals surface area contributed by atoms with Gasteiger partial charge in [-0.1, -0.05) is 18.2 Å². The molecular formula is C19H14FN5O. The number of hydrogen-bond acceptors (Lipinski definition) is 4. The number of rotatable bonds is 4. The molecule has 6 nitrogen and oxygen atoms in total. The molecule has 0 spiro atoms. The summed E-state index contributed by atoms with van der Waals surface area (Å²) in [6.07, 6.45) is 2.05. The van der Waals surface area contributed by atoms with Gasteiger partial charge >= 0.3 is 0 Å². The van der Waals surface area contributed by atoms with Crippen LogP contribution in [-0.2, 0) is 0 Å². The number of amides is 1. The monoisotopic (exact) mass is 347 g/mol. The van der Waals surface area contributed by atoms with E-state index in [1.165, 1.54) is 12.1 Å². The average molecular weight is 347 g/mol. The van der Waals surface area contributed by atoms with Crippen molar-refractivity contribution in [3.8, 4) is 11.8 Å². The van der Waals surface area contributed by atoms with Crippen molar-refractivity contribution in [1.82, 2.24) is 14.8 Å². The van der Waals surface area contributed by atoms with Crippen LogP contribution in [0.15, 0.2) is 48.5 Å². The molecule has 3 aromatic rings. The second kappa shape index (κ2) is 6.41. The first-order valence-electron chi connectivity index (χ1n) is 8.19. The summed E-state index contributed by atoms with van der Waals surface area (Å²) >= 11 is 0. The van der Waals surface area contributed by atoms with Crippen molar-refractivity contribution in [2.75, 3.05) is 5.32 Å². The standard InChI is InChI=1S/C19H14FN5O/c20-16-9-8-14(10-13(16)11-21)22-19(26)17-23-18(12-6-7-12)25(24-17)15-4-2-1-3-5-15/h1-5,8-10,12H,6-7H2,(H,22,26). The molecular weight excluding hydrogens is 333 g/mol. The van der Waals surface area contributed by atoms with Crippen LogP contribution in [0.1, 0.15) is 40.8 Å². The SMILES string of the molecule is N#Cc1cc(NC(=O)c2nc(C3CC3)n(-c3ccccc3)n2)ccc1F. The number of nitriles is 1. The topological polar surface area (TPSA) is 83.6 Å². The van der Waals surface area contributed by atoms with Gasteiger partial charge in [-0.05, 0) is 43.2 Å². The molecule has 1 aliphatic carbocycles. The van der Waals surface area contributed by atoms with Crippen LogP contribution >= 0.6 is 0 Å². The van der Waals surface area contributed by atoms with Crippen LogP contribution in [0.4, 0.5) is 10.1 Å². The van der Waals surface area contributed by atoms with E-state index in [-0.39, 0.29) is 11.4 Å². The van der Waals surface area contributed by atoms with Gasteiger partial charge in [0, 0.05) is 11.6 Å². The number of nitrogens with zero attached hydrogens (tertiary/aromatic N) is 4. The largest absolute Gasteiger partial charge is 0.319 e. The number of carbonyl (C=O) groups excluding carboxylic acids is 1. The Hall–Kier alpha value is -3.53. The molecule has 0 radical (unpaired) electrons. The number of aromatic nitrogens is 3. The second-order valence-electron chi connectivity index (χ2n) is 6.08.